The average molecular weight is 616 g/mol. The molecule has 8 rings (SSSR count). The van der Waals surface area contributed by atoms with Crippen molar-refractivity contribution in [3.63, 3.8) is 0 Å². The van der Waals surface area contributed by atoms with Gasteiger partial charge < -0.3 is 4.74 Å². The normalized spacial score (nSPS) is 24.6. The quantitative estimate of drug-likeness (QED) is 0.168. The van der Waals surface area contributed by atoms with Gasteiger partial charge in [-0.3, -0.25) is 14.4 Å². The third-order valence-electron chi connectivity index (χ3n) is 10.1. The van der Waals surface area contributed by atoms with E-state index in [-0.39, 0.29) is 17.6 Å². The Morgan fingerprint density at radius 1 is 0.553 bits per heavy atom. The first-order valence-electron chi connectivity index (χ1n) is 16.2. The Balaban J connectivity index is 1.52. The molecule has 1 saturated carbocycles. The highest BCUT2D eigenvalue weighted by atomic mass is 16.5. The second kappa shape index (κ2) is 11.1. The molecule has 2 fully saturated rings. The molecule has 0 aromatic heterocycles. The van der Waals surface area contributed by atoms with Gasteiger partial charge in [-0.1, -0.05) is 140 Å². The molecule has 0 radical (unpaired) electrons. The Hall–Kier alpha value is -5.55. The minimum absolute atomic E-state index is 0.132. The molecule has 1 saturated heterocycles. The number of ketones is 1. The van der Waals surface area contributed by atoms with Crippen molar-refractivity contribution in [2.24, 2.45) is 11.8 Å². The number of allylic oxidation sites excluding steroid dienone is 2. The first-order valence-corrected chi connectivity index (χ1v) is 16.2. The molecule has 1 aliphatic heterocycles. The Kier molecular flexibility index (Phi) is 6.80. The van der Waals surface area contributed by atoms with Crippen molar-refractivity contribution in [1.82, 2.24) is 0 Å². The number of benzene rings is 5. The zero-order valence-corrected chi connectivity index (χ0v) is 26.0. The lowest BCUT2D eigenvalue weighted by atomic mass is 9.59. The highest BCUT2D eigenvalue weighted by molar-refractivity contribution is 6.39. The molecule has 4 unspecified atom stereocenters. The monoisotopic (exact) mass is 615 g/mol. The molecule has 5 nitrogen and oxygen atoms in total. The standard InChI is InChI=1S/C42H33NO4/c1-2-27-47-33-26-16-15-25-32(33)43-38(44)36-37(39(43)45)42(31-23-13-6-14-24-31)35(29-19-9-4-10-20-29)34(28-17-7-3-8-18-28)41(36,40(42)46)30-21-11-5-12-22-30/h3-26,36-37H,2,27H2,1H3. The van der Waals surface area contributed by atoms with Crippen molar-refractivity contribution in [1.29, 1.82) is 0 Å². The molecule has 47 heavy (non-hydrogen) atoms. The number of carbonyl (C=O) groups excluding carboxylic acids is 3. The van der Waals surface area contributed by atoms with E-state index < -0.39 is 22.7 Å². The van der Waals surface area contributed by atoms with E-state index in [2.05, 4.69) is 0 Å². The molecule has 1 heterocycles. The predicted molar refractivity (Wildman–Crippen MR) is 183 cm³/mol. The third-order valence-corrected chi connectivity index (χ3v) is 10.1. The molecule has 5 aromatic rings. The van der Waals surface area contributed by atoms with Crippen LogP contribution in [0.1, 0.15) is 35.6 Å². The summed E-state index contributed by atoms with van der Waals surface area (Å²) in [5, 5.41) is 0. The number of fused-ring (bicyclic) bond motifs is 5. The number of Topliss-reactive ketones (excluding diaryl/α,β-unsaturated/α-hetero) is 1. The number of carbonyl (C=O) groups is 3. The van der Waals surface area contributed by atoms with Gasteiger partial charge in [-0.05, 0) is 52.0 Å². The van der Waals surface area contributed by atoms with Crippen molar-refractivity contribution < 1.29 is 19.1 Å². The van der Waals surface area contributed by atoms with Gasteiger partial charge in [0.2, 0.25) is 11.8 Å². The first kappa shape index (κ1) is 28.9. The summed E-state index contributed by atoms with van der Waals surface area (Å²) >= 11 is 0. The fourth-order valence-corrected chi connectivity index (χ4v) is 8.55. The number of amides is 2. The lowest BCUT2D eigenvalue weighted by molar-refractivity contribution is -0.130. The first-order chi connectivity index (χ1) is 23.1. The molecule has 2 bridgehead atoms. The van der Waals surface area contributed by atoms with E-state index in [1.807, 2.05) is 140 Å². The molecular weight excluding hydrogens is 582 g/mol. The Labute approximate surface area is 274 Å². The molecule has 0 spiro atoms. The highest BCUT2D eigenvalue weighted by Gasteiger charge is 2.82. The van der Waals surface area contributed by atoms with Gasteiger partial charge in [0.1, 0.15) is 5.75 Å². The van der Waals surface area contributed by atoms with Gasteiger partial charge in [-0.15, -0.1) is 0 Å². The van der Waals surface area contributed by atoms with Gasteiger partial charge in [-0.2, -0.15) is 0 Å². The van der Waals surface area contributed by atoms with Crippen molar-refractivity contribution in [2.75, 3.05) is 11.5 Å². The lowest BCUT2D eigenvalue weighted by Crippen LogP contribution is -2.45. The van der Waals surface area contributed by atoms with Gasteiger partial charge in [0.15, 0.2) is 5.78 Å². The number of para-hydroxylation sites is 2. The van der Waals surface area contributed by atoms with Gasteiger partial charge in [-0.25, -0.2) is 4.90 Å². The fourth-order valence-electron chi connectivity index (χ4n) is 8.55. The molecule has 4 atom stereocenters. The molecule has 0 N–H and O–H groups in total. The zero-order valence-electron chi connectivity index (χ0n) is 26.0. The summed E-state index contributed by atoms with van der Waals surface area (Å²) in [5.41, 5.74) is 2.22. The molecule has 5 heteroatoms. The third kappa shape index (κ3) is 3.80. The van der Waals surface area contributed by atoms with Gasteiger partial charge in [0, 0.05) is 0 Å². The summed E-state index contributed by atoms with van der Waals surface area (Å²) in [7, 11) is 0. The number of hydrogen-bond donors (Lipinski definition) is 0. The van der Waals surface area contributed by atoms with E-state index in [9.17, 15) is 0 Å². The summed E-state index contributed by atoms with van der Waals surface area (Å²) in [4.78, 5) is 47.7. The number of rotatable bonds is 8. The predicted octanol–water partition coefficient (Wildman–Crippen LogP) is 7.66. The summed E-state index contributed by atoms with van der Waals surface area (Å²) in [6.07, 6.45) is 0.773. The van der Waals surface area contributed by atoms with Crippen LogP contribution in [-0.4, -0.2) is 24.2 Å². The van der Waals surface area contributed by atoms with Crippen LogP contribution in [0.5, 0.6) is 5.75 Å². The molecule has 2 amide bonds. The van der Waals surface area contributed by atoms with Crippen LogP contribution >= 0.6 is 0 Å². The van der Waals surface area contributed by atoms with E-state index in [1.165, 1.54) is 4.90 Å². The Morgan fingerprint density at radius 3 is 1.40 bits per heavy atom. The van der Waals surface area contributed by atoms with Crippen LogP contribution in [-0.2, 0) is 25.2 Å². The summed E-state index contributed by atoms with van der Waals surface area (Å²) in [6, 6.07) is 46.2. The maximum absolute atomic E-state index is 15.9. The Bertz CT molecular complexity index is 1920. The largest absolute Gasteiger partial charge is 0.491 e. The van der Waals surface area contributed by atoms with E-state index in [4.69, 9.17) is 4.74 Å². The van der Waals surface area contributed by atoms with Crippen molar-refractivity contribution in [3.8, 4) is 5.75 Å². The Morgan fingerprint density at radius 2 is 0.957 bits per heavy atom. The van der Waals surface area contributed by atoms with E-state index >= 15 is 14.4 Å². The van der Waals surface area contributed by atoms with E-state index in [0.29, 0.717) is 29.2 Å². The molecule has 3 aliphatic rings. The van der Waals surface area contributed by atoms with Crippen LogP contribution in [0, 0.1) is 11.8 Å². The number of hydrogen-bond acceptors (Lipinski definition) is 4. The maximum atomic E-state index is 15.9. The smallest absolute Gasteiger partial charge is 0.239 e. The van der Waals surface area contributed by atoms with Crippen LogP contribution in [0.4, 0.5) is 5.69 Å². The van der Waals surface area contributed by atoms with E-state index in [1.54, 1.807) is 12.1 Å². The van der Waals surface area contributed by atoms with Crippen molar-refractivity contribution in [3.05, 3.63) is 168 Å². The highest BCUT2D eigenvalue weighted by Crippen LogP contribution is 2.74. The van der Waals surface area contributed by atoms with Crippen molar-refractivity contribution >= 4 is 34.4 Å². The maximum Gasteiger partial charge on any atom is 0.239 e. The van der Waals surface area contributed by atoms with Crippen LogP contribution in [0.25, 0.3) is 11.1 Å². The van der Waals surface area contributed by atoms with Crippen LogP contribution in [0.2, 0.25) is 0 Å². The van der Waals surface area contributed by atoms with Crippen LogP contribution in [0.3, 0.4) is 0 Å². The SMILES string of the molecule is CCCOc1ccccc1N1C(=O)C2C(C1=O)C1(c3ccccc3)C(=O)C2(c2ccccc2)C(c2ccccc2)=C1c1ccccc1. The summed E-state index contributed by atoms with van der Waals surface area (Å²) in [5.74, 6) is -2.39. The van der Waals surface area contributed by atoms with Crippen molar-refractivity contribution in [2.45, 2.75) is 24.2 Å². The summed E-state index contributed by atoms with van der Waals surface area (Å²) < 4.78 is 6.08. The minimum Gasteiger partial charge on any atom is -0.491 e. The number of imide groups is 1. The second-order valence-electron chi connectivity index (χ2n) is 12.4. The number of ether oxygens (including phenoxy) is 1. The zero-order chi connectivity index (χ0) is 32.2. The average Bonchev–Trinajstić information content (AvgIpc) is 3.64. The molecule has 5 aromatic carbocycles. The molecule has 2 aliphatic carbocycles. The second-order valence-corrected chi connectivity index (χ2v) is 12.4. The fraction of sp³-hybridized carbons (Fsp3) is 0.167. The van der Waals surface area contributed by atoms with Crippen LogP contribution in [0.15, 0.2) is 146 Å². The van der Waals surface area contributed by atoms with E-state index in [0.717, 1.165) is 28.7 Å². The van der Waals surface area contributed by atoms with Gasteiger partial charge >= 0.3 is 0 Å². The van der Waals surface area contributed by atoms with Crippen LogP contribution < -0.4 is 9.64 Å². The van der Waals surface area contributed by atoms with Gasteiger partial charge in [0.05, 0.1) is 35.0 Å². The number of nitrogens with zero attached hydrogens (tertiary/aromatic N) is 1. The topological polar surface area (TPSA) is 63.7 Å². The lowest BCUT2D eigenvalue weighted by Gasteiger charge is -2.39. The summed E-state index contributed by atoms with van der Waals surface area (Å²) in [6.45, 7) is 2.45. The van der Waals surface area contributed by atoms with Gasteiger partial charge in [0.25, 0.3) is 0 Å². The molecular formula is C42H33NO4. The minimum atomic E-state index is -1.44. The number of anilines is 1. The molecule has 230 valence electrons.